The highest BCUT2D eigenvalue weighted by Gasteiger charge is 2.31. The molecule has 1 atom stereocenters. The summed E-state index contributed by atoms with van der Waals surface area (Å²) >= 11 is 0. The van der Waals surface area contributed by atoms with Crippen LogP contribution in [0.5, 0.6) is 0 Å². The molecule has 0 bridgehead atoms. The fourth-order valence-electron chi connectivity index (χ4n) is 4.59. The van der Waals surface area contributed by atoms with E-state index in [2.05, 4.69) is 41.7 Å². The first-order chi connectivity index (χ1) is 13.2. The fourth-order valence-corrected chi connectivity index (χ4v) is 4.59. The van der Waals surface area contributed by atoms with Gasteiger partial charge in [-0.25, -0.2) is 0 Å². The quantitative estimate of drug-likeness (QED) is 0.436. The lowest BCUT2D eigenvalue weighted by atomic mass is 9.77. The van der Waals surface area contributed by atoms with Crippen molar-refractivity contribution < 1.29 is 4.92 Å². The molecule has 0 radical (unpaired) electrons. The van der Waals surface area contributed by atoms with Crippen molar-refractivity contribution in [1.82, 2.24) is 0 Å². The summed E-state index contributed by atoms with van der Waals surface area (Å²) in [4.78, 5) is 10.9. The van der Waals surface area contributed by atoms with Crippen molar-refractivity contribution in [3.05, 3.63) is 87.5 Å². The van der Waals surface area contributed by atoms with Crippen molar-refractivity contribution in [3.63, 3.8) is 0 Å². The minimum absolute atomic E-state index is 0.00821. The Kier molecular flexibility index (Phi) is 3.71. The van der Waals surface area contributed by atoms with Gasteiger partial charge >= 0.3 is 0 Å². The third kappa shape index (κ3) is 2.60. The summed E-state index contributed by atoms with van der Waals surface area (Å²) in [6.45, 7) is 0. The number of benzene rings is 3. The summed E-state index contributed by atoms with van der Waals surface area (Å²) < 4.78 is 0. The molecule has 0 saturated heterocycles. The van der Waals surface area contributed by atoms with E-state index in [1.807, 2.05) is 6.07 Å². The van der Waals surface area contributed by atoms with Crippen LogP contribution in [0.4, 0.5) is 11.4 Å². The highest BCUT2D eigenvalue weighted by atomic mass is 16.6. The Hall–Kier alpha value is -3.14. The van der Waals surface area contributed by atoms with Gasteiger partial charge in [0, 0.05) is 23.4 Å². The molecule has 0 fully saturated rings. The molecule has 0 amide bonds. The maximum absolute atomic E-state index is 11.2. The summed E-state index contributed by atoms with van der Waals surface area (Å²) in [6.07, 6.45) is 4.48. The molecule has 134 valence electrons. The molecule has 4 heteroatoms. The van der Waals surface area contributed by atoms with Gasteiger partial charge in [-0.1, -0.05) is 42.5 Å². The largest absolute Gasteiger partial charge is 0.374 e. The number of hydrogen-bond donors (Lipinski definition) is 1. The number of non-ortho nitro benzene ring substituents is 1. The zero-order valence-corrected chi connectivity index (χ0v) is 14.9. The van der Waals surface area contributed by atoms with Gasteiger partial charge in [-0.05, 0) is 59.2 Å². The van der Waals surface area contributed by atoms with Gasteiger partial charge in [-0.15, -0.1) is 0 Å². The number of nitro benzene ring substituents is 1. The Bertz CT molecular complexity index is 1100. The number of hydrogen-bond acceptors (Lipinski definition) is 3. The lowest BCUT2D eigenvalue weighted by Gasteiger charge is -2.36. The van der Waals surface area contributed by atoms with Crippen LogP contribution >= 0.6 is 0 Å². The summed E-state index contributed by atoms with van der Waals surface area (Å²) in [6, 6.07) is 19.9. The van der Waals surface area contributed by atoms with Crippen LogP contribution in [-0.2, 0) is 0 Å². The first-order valence-corrected chi connectivity index (χ1v) is 9.47. The lowest BCUT2D eigenvalue weighted by molar-refractivity contribution is -0.384. The maximum Gasteiger partial charge on any atom is 0.269 e. The van der Waals surface area contributed by atoms with Crippen LogP contribution in [0.3, 0.4) is 0 Å². The molecular weight excluding hydrogens is 336 g/mol. The molecule has 27 heavy (non-hydrogen) atoms. The minimum Gasteiger partial charge on any atom is -0.374 e. The standard InChI is InChI=1S/C23H20N2O2/c26-25(27)17-8-5-7-16(14-17)23-20-11-4-3-10-19(20)22-18-9-2-1-6-15(18)12-13-21(22)24-23/h1-2,5-9,12-14,23-24H,3-4,10-11H2/t23-/m1/s1. The number of nitrogens with zero attached hydrogens (tertiary/aromatic N) is 1. The van der Waals surface area contributed by atoms with Crippen molar-refractivity contribution >= 4 is 27.7 Å². The lowest BCUT2D eigenvalue weighted by Crippen LogP contribution is -2.22. The Morgan fingerprint density at radius 1 is 0.963 bits per heavy atom. The maximum atomic E-state index is 11.2. The second-order valence-corrected chi connectivity index (χ2v) is 7.35. The molecule has 1 N–H and O–H groups in total. The molecule has 0 unspecified atom stereocenters. The third-order valence-corrected chi connectivity index (χ3v) is 5.80. The molecule has 0 aromatic heterocycles. The van der Waals surface area contributed by atoms with Gasteiger partial charge in [0.2, 0.25) is 0 Å². The van der Waals surface area contributed by atoms with Crippen LogP contribution in [0, 0.1) is 10.1 Å². The molecule has 1 aliphatic carbocycles. The predicted octanol–water partition coefficient (Wildman–Crippen LogP) is 6.24. The molecule has 1 heterocycles. The van der Waals surface area contributed by atoms with Gasteiger partial charge in [0.25, 0.3) is 5.69 Å². The predicted molar refractivity (Wildman–Crippen MR) is 109 cm³/mol. The topological polar surface area (TPSA) is 55.2 Å². The van der Waals surface area contributed by atoms with Crippen LogP contribution < -0.4 is 5.32 Å². The summed E-state index contributed by atoms with van der Waals surface area (Å²) in [5, 5.41) is 17.5. The second-order valence-electron chi connectivity index (χ2n) is 7.35. The zero-order valence-electron chi connectivity index (χ0n) is 14.9. The van der Waals surface area contributed by atoms with Crippen molar-refractivity contribution in [1.29, 1.82) is 0 Å². The van der Waals surface area contributed by atoms with Gasteiger partial charge in [0.1, 0.15) is 0 Å². The van der Waals surface area contributed by atoms with Crippen molar-refractivity contribution in [2.45, 2.75) is 31.7 Å². The number of anilines is 1. The highest BCUT2D eigenvalue weighted by Crippen LogP contribution is 2.49. The molecule has 0 saturated carbocycles. The monoisotopic (exact) mass is 356 g/mol. The van der Waals surface area contributed by atoms with Crippen LogP contribution in [0.25, 0.3) is 16.3 Å². The molecule has 3 aromatic rings. The normalized spacial score (nSPS) is 18.6. The number of allylic oxidation sites excluding steroid dienone is 1. The highest BCUT2D eigenvalue weighted by molar-refractivity contribution is 6.01. The SMILES string of the molecule is O=[N+]([O-])c1cccc([C@H]2Nc3ccc4ccccc4c3C3=C2CCCC3)c1. The summed E-state index contributed by atoms with van der Waals surface area (Å²) in [5.74, 6) is 0. The van der Waals surface area contributed by atoms with Crippen molar-refractivity contribution in [2.24, 2.45) is 0 Å². The zero-order chi connectivity index (χ0) is 18.4. The molecular formula is C23H20N2O2. The summed E-state index contributed by atoms with van der Waals surface area (Å²) in [7, 11) is 0. The Balaban J connectivity index is 1.71. The smallest absolute Gasteiger partial charge is 0.269 e. The van der Waals surface area contributed by atoms with Gasteiger partial charge in [-0.2, -0.15) is 0 Å². The minimum atomic E-state index is -0.316. The second kappa shape index (κ2) is 6.23. The van der Waals surface area contributed by atoms with E-state index >= 15 is 0 Å². The number of rotatable bonds is 2. The van der Waals surface area contributed by atoms with E-state index in [0.29, 0.717) is 0 Å². The Morgan fingerprint density at radius 2 is 1.81 bits per heavy atom. The Labute approximate surface area is 157 Å². The van der Waals surface area contributed by atoms with E-state index in [1.165, 1.54) is 40.3 Å². The van der Waals surface area contributed by atoms with Gasteiger partial charge in [0.15, 0.2) is 0 Å². The fraction of sp³-hybridized carbons (Fsp3) is 0.217. The average molecular weight is 356 g/mol. The van der Waals surface area contributed by atoms with E-state index in [4.69, 9.17) is 0 Å². The first kappa shape index (κ1) is 16.1. The van der Waals surface area contributed by atoms with E-state index in [1.54, 1.807) is 18.2 Å². The van der Waals surface area contributed by atoms with Crippen molar-refractivity contribution in [2.75, 3.05) is 5.32 Å². The Morgan fingerprint density at radius 3 is 2.70 bits per heavy atom. The third-order valence-electron chi connectivity index (χ3n) is 5.80. The van der Waals surface area contributed by atoms with E-state index < -0.39 is 0 Å². The first-order valence-electron chi connectivity index (χ1n) is 9.47. The van der Waals surface area contributed by atoms with Gasteiger partial charge < -0.3 is 5.32 Å². The van der Waals surface area contributed by atoms with Crippen LogP contribution in [0.15, 0.2) is 66.2 Å². The summed E-state index contributed by atoms with van der Waals surface area (Å²) in [5.41, 5.74) is 6.40. The van der Waals surface area contributed by atoms with Crippen LogP contribution in [0.1, 0.15) is 42.9 Å². The molecule has 5 rings (SSSR count). The van der Waals surface area contributed by atoms with Gasteiger partial charge in [0.05, 0.1) is 11.0 Å². The number of nitrogens with one attached hydrogen (secondary N) is 1. The van der Waals surface area contributed by atoms with E-state index in [-0.39, 0.29) is 16.7 Å². The average Bonchev–Trinajstić information content (AvgIpc) is 2.72. The van der Waals surface area contributed by atoms with Crippen molar-refractivity contribution in [3.8, 4) is 0 Å². The molecule has 3 aromatic carbocycles. The number of fused-ring (bicyclic) bond motifs is 4. The number of nitro groups is 1. The molecule has 1 aliphatic heterocycles. The van der Waals surface area contributed by atoms with Crippen LogP contribution in [-0.4, -0.2) is 4.92 Å². The van der Waals surface area contributed by atoms with Crippen LogP contribution in [0.2, 0.25) is 0 Å². The molecule has 4 nitrogen and oxygen atoms in total. The van der Waals surface area contributed by atoms with E-state index in [9.17, 15) is 10.1 Å². The van der Waals surface area contributed by atoms with E-state index in [0.717, 1.165) is 24.1 Å². The van der Waals surface area contributed by atoms with Gasteiger partial charge in [-0.3, -0.25) is 10.1 Å². The molecule has 0 spiro atoms. The molecule has 2 aliphatic rings.